The van der Waals surface area contributed by atoms with Crippen molar-refractivity contribution >= 4 is 11.8 Å². The Morgan fingerprint density at radius 2 is 1.71 bits per heavy atom. The van der Waals surface area contributed by atoms with E-state index in [1.165, 1.54) is 6.92 Å². The van der Waals surface area contributed by atoms with Crippen molar-refractivity contribution in [1.82, 2.24) is 0 Å². The molecular weight excluding hydrogens is 360 g/mol. The molecule has 6 heteroatoms. The maximum absolute atomic E-state index is 13.3. The van der Waals surface area contributed by atoms with E-state index in [1.807, 2.05) is 20.8 Å². The van der Waals surface area contributed by atoms with E-state index in [9.17, 15) is 24.9 Å². The van der Waals surface area contributed by atoms with Gasteiger partial charge in [0, 0.05) is 30.1 Å². The fourth-order valence-electron chi connectivity index (χ4n) is 7.66. The largest absolute Gasteiger partial charge is 0.462 e. The van der Waals surface area contributed by atoms with Gasteiger partial charge < -0.3 is 20.1 Å². The molecule has 0 amide bonds. The molecule has 0 radical (unpaired) electrons. The normalized spacial score (nSPS) is 52.0. The Hall–Kier alpha value is -1.24. The Morgan fingerprint density at radius 3 is 2.32 bits per heavy atom. The number of carbonyl (C=O) groups excluding carboxylic acids is 2. The molecule has 0 aromatic carbocycles. The van der Waals surface area contributed by atoms with Gasteiger partial charge in [-0.05, 0) is 36.7 Å². The lowest BCUT2D eigenvalue weighted by molar-refractivity contribution is -0.270. The van der Waals surface area contributed by atoms with Crippen LogP contribution in [0.15, 0.2) is 12.2 Å². The van der Waals surface area contributed by atoms with E-state index in [0.29, 0.717) is 18.4 Å². The molecule has 2 unspecified atom stereocenters. The molecule has 4 aliphatic carbocycles. The highest BCUT2D eigenvalue weighted by atomic mass is 16.5. The molecule has 4 saturated carbocycles. The standard InChI is InChI=1S/C22H32O6/c1-10-12-6-7-13-21(5)14(8-16(25)22(13,18(10)26)19(12)27)20(3,4)17(9-15(21)24)28-11(2)23/h12-17,19,24-25,27H,1,6-9H2,2-5H3/t12?,13-,14+,15-,16+,17-,19-,21-,22?/m0/s1. The molecule has 4 rings (SSSR count). The van der Waals surface area contributed by atoms with Gasteiger partial charge >= 0.3 is 5.97 Å². The Bertz CT molecular complexity index is 743. The molecule has 28 heavy (non-hydrogen) atoms. The molecule has 0 heterocycles. The fraction of sp³-hybridized carbons (Fsp3) is 0.818. The summed E-state index contributed by atoms with van der Waals surface area (Å²) in [5.41, 5.74) is -2.02. The first-order valence-electron chi connectivity index (χ1n) is 10.4. The first kappa shape index (κ1) is 20.0. The Labute approximate surface area is 166 Å². The molecule has 9 atom stereocenters. The van der Waals surface area contributed by atoms with Crippen LogP contribution >= 0.6 is 0 Å². The summed E-state index contributed by atoms with van der Waals surface area (Å²) in [6, 6.07) is 0. The fourth-order valence-corrected chi connectivity index (χ4v) is 7.66. The van der Waals surface area contributed by atoms with E-state index in [1.54, 1.807) is 0 Å². The van der Waals surface area contributed by atoms with Gasteiger partial charge in [-0.25, -0.2) is 0 Å². The number of aliphatic hydroxyl groups is 3. The predicted molar refractivity (Wildman–Crippen MR) is 101 cm³/mol. The van der Waals surface area contributed by atoms with Crippen LogP contribution in [-0.2, 0) is 14.3 Å². The topological polar surface area (TPSA) is 104 Å². The van der Waals surface area contributed by atoms with Crippen molar-refractivity contribution in [2.45, 2.75) is 77.8 Å². The molecule has 6 nitrogen and oxygen atoms in total. The van der Waals surface area contributed by atoms with Gasteiger partial charge in [0.25, 0.3) is 0 Å². The lowest BCUT2D eigenvalue weighted by Crippen LogP contribution is -2.71. The molecule has 1 spiro atoms. The van der Waals surface area contributed by atoms with Gasteiger partial charge in [0.15, 0.2) is 5.78 Å². The summed E-state index contributed by atoms with van der Waals surface area (Å²) in [6.07, 6.45) is -1.38. The van der Waals surface area contributed by atoms with Crippen molar-refractivity contribution in [1.29, 1.82) is 0 Å². The number of ketones is 1. The highest BCUT2D eigenvalue weighted by Gasteiger charge is 2.76. The maximum Gasteiger partial charge on any atom is 0.302 e. The summed E-state index contributed by atoms with van der Waals surface area (Å²) in [5, 5.41) is 33.7. The lowest BCUT2D eigenvalue weighted by Gasteiger charge is -2.67. The summed E-state index contributed by atoms with van der Waals surface area (Å²) in [4.78, 5) is 24.9. The van der Waals surface area contributed by atoms with Gasteiger partial charge in [-0.1, -0.05) is 27.4 Å². The number of ether oxygens (including phenoxy) is 1. The van der Waals surface area contributed by atoms with Crippen molar-refractivity contribution in [3.63, 3.8) is 0 Å². The highest BCUT2D eigenvalue weighted by molar-refractivity contribution is 6.04. The number of aliphatic hydroxyl groups excluding tert-OH is 3. The smallest absolute Gasteiger partial charge is 0.302 e. The first-order chi connectivity index (χ1) is 12.9. The van der Waals surface area contributed by atoms with Crippen LogP contribution in [0.3, 0.4) is 0 Å². The average Bonchev–Trinajstić information content (AvgIpc) is 2.71. The van der Waals surface area contributed by atoms with E-state index < -0.39 is 40.7 Å². The number of fused-ring (bicyclic) bond motifs is 3. The molecule has 0 saturated heterocycles. The molecule has 0 aromatic heterocycles. The Kier molecular flexibility index (Phi) is 4.22. The van der Waals surface area contributed by atoms with Crippen molar-refractivity contribution in [3.8, 4) is 0 Å². The SMILES string of the molecule is C=C1C(=O)C23[C@H](O)C[C@@H]4C(C)(C)[C@@H](OC(C)=O)C[C@H](O)[C@@]4(C)[C@@H]2CCC1[C@@H]3O. The predicted octanol–water partition coefficient (Wildman–Crippen LogP) is 1.61. The van der Waals surface area contributed by atoms with Crippen molar-refractivity contribution in [2.75, 3.05) is 0 Å². The monoisotopic (exact) mass is 392 g/mol. The van der Waals surface area contributed by atoms with E-state index in [-0.39, 0.29) is 42.3 Å². The van der Waals surface area contributed by atoms with Crippen LogP contribution < -0.4 is 0 Å². The summed E-state index contributed by atoms with van der Waals surface area (Å²) in [5.74, 6) is -1.43. The van der Waals surface area contributed by atoms with Crippen LogP contribution in [0.4, 0.5) is 0 Å². The first-order valence-corrected chi connectivity index (χ1v) is 10.4. The third kappa shape index (κ3) is 2.09. The van der Waals surface area contributed by atoms with Crippen LogP contribution in [0.25, 0.3) is 0 Å². The minimum absolute atomic E-state index is 0.163. The van der Waals surface area contributed by atoms with E-state index in [4.69, 9.17) is 4.74 Å². The molecule has 0 aromatic rings. The molecule has 2 bridgehead atoms. The quantitative estimate of drug-likeness (QED) is 0.463. The van der Waals surface area contributed by atoms with Gasteiger partial charge in [0.05, 0.1) is 23.7 Å². The van der Waals surface area contributed by atoms with Crippen LogP contribution in [-0.4, -0.2) is 51.5 Å². The molecule has 4 aliphatic rings. The number of hydrogen-bond donors (Lipinski definition) is 3. The van der Waals surface area contributed by atoms with Crippen LogP contribution in [0.1, 0.15) is 53.4 Å². The Balaban J connectivity index is 1.84. The molecule has 4 fully saturated rings. The van der Waals surface area contributed by atoms with Crippen molar-refractivity contribution in [2.24, 2.45) is 34.0 Å². The van der Waals surface area contributed by atoms with Crippen molar-refractivity contribution < 1.29 is 29.6 Å². The van der Waals surface area contributed by atoms with Gasteiger partial charge in [-0.2, -0.15) is 0 Å². The summed E-state index contributed by atoms with van der Waals surface area (Å²) >= 11 is 0. The van der Waals surface area contributed by atoms with Crippen LogP contribution in [0, 0.1) is 34.0 Å². The van der Waals surface area contributed by atoms with E-state index in [0.717, 1.165) is 0 Å². The number of rotatable bonds is 1. The number of hydrogen-bond acceptors (Lipinski definition) is 6. The lowest BCUT2D eigenvalue weighted by atomic mass is 9.38. The second kappa shape index (κ2) is 5.89. The number of esters is 1. The summed E-state index contributed by atoms with van der Waals surface area (Å²) < 4.78 is 5.55. The summed E-state index contributed by atoms with van der Waals surface area (Å²) in [6.45, 7) is 11.3. The average molecular weight is 392 g/mol. The van der Waals surface area contributed by atoms with Crippen LogP contribution in [0.2, 0.25) is 0 Å². The number of Topliss-reactive ketones (excluding diaryl/α,β-unsaturated/α-hetero) is 1. The van der Waals surface area contributed by atoms with Gasteiger partial charge in [0.1, 0.15) is 6.10 Å². The van der Waals surface area contributed by atoms with Gasteiger partial charge in [-0.15, -0.1) is 0 Å². The zero-order chi connectivity index (χ0) is 20.8. The summed E-state index contributed by atoms with van der Waals surface area (Å²) in [7, 11) is 0. The minimum atomic E-state index is -1.28. The molecular formula is C22H32O6. The zero-order valence-electron chi connectivity index (χ0n) is 17.1. The third-order valence-corrected chi connectivity index (χ3v) is 9.05. The molecule has 0 aliphatic heterocycles. The van der Waals surface area contributed by atoms with Crippen LogP contribution in [0.5, 0.6) is 0 Å². The zero-order valence-corrected chi connectivity index (χ0v) is 17.1. The third-order valence-electron chi connectivity index (χ3n) is 9.05. The van der Waals surface area contributed by atoms with Gasteiger partial charge in [0.2, 0.25) is 0 Å². The second-order valence-corrected chi connectivity index (χ2v) is 10.3. The Morgan fingerprint density at radius 1 is 1.07 bits per heavy atom. The second-order valence-electron chi connectivity index (χ2n) is 10.3. The van der Waals surface area contributed by atoms with E-state index in [2.05, 4.69) is 6.58 Å². The molecule has 3 N–H and O–H groups in total. The maximum atomic E-state index is 13.3. The van der Waals surface area contributed by atoms with Crippen molar-refractivity contribution in [3.05, 3.63) is 12.2 Å². The minimum Gasteiger partial charge on any atom is -0.462 e. The number of carbonyl (C=O) groups is 2. The molecule has 156 valence electrons. The highest BCUT2D eigenvalue weighted by Crippen LogP contribution is 2.71. The van der Waals surface area contributed by atoms with Gasteiger partial charge in [-0.3, -0.25) is 9.59 Å². The van der Waals surface area contributed by atoms with E-state index >= 15 is 0 Å².